The van der Waals surface area contributed by atoms with Crippen LogP contribution in [0, 0.1) is 5.92 Å². The van der Waals surface area contributed by atoms with Gasteiger partial charge in [-0.2, -0.15) is 0 Å². The molecule has 0 radical (unpaired) electrons. The monoisotopic (exact) mass is 204 g/mol. The Morgan fingerprint density at radius 3 is 2.47 bits per heavy atom. The fourth-order valence-electron chi connectivity index (χ4n) is 1.96. The molecule has 0 saturated heterocycles. The minimum absolute atomic E-state index is 0.109. The number of benzene rings is 1. The zero-order valence-electron chi connectivity index (χ0n) is 8.31. The van der Waals surface area contributed by atoms with Crippen LogP contribution in [-0.4, -0.2) is 18.9 Å². The molecular formula is C12H12O3. The lowest BCUT2D eigenvalue weighted by Gasteiger charge is -2.06. The van der Waals surface area contributed by atoms with Crippen LogP contribution < -0.4 is 0 Å². The third-order valence-electron chi connectivity index (χ3n) is 2.68. The predicted octanol–water partition coefficient (Wildman–Crippen LogP) is 1.14. The van der Waals surface area contributed by atoms with Crippen LogP contribution in [0.1, 0.15) is 11.1 Å². The molecule has 1 aliphatic rings. The van der Waals surface area contributed by atoms with Crippen LogP contribution in [0.3, 0.4) is 0 Å². The van der Waals surface area contributed by atoms with Crippen LogP contribution in [0.4, 0.5) is 0 Å². The second-order valence-electron chi connectivity index (χ2n) is 3.67. The number of fused-ring (bicyclic) bond motifs is 1. The standard InChI is InChI=1S/C12H12O3/c13-5-6-15-12(14)11-7-9-3-1-2-4-10(9)8-11/h1-5,11H,6-8H2. The van der Waals surface area contributed by atoms with Crippen LogP contribution >= 0.6 is 0 Å². The van der Waals surface area contributed by atoms with Crippen LogP contribution in [-0.2, 0) is 27.2 Å². The molecule has 0 bridgehead atoms. The quantitative estimate of drug-likeness (QED) is 0.548. The lowest BCUT2D eigenvalue weighted by molar-refractivity contribution is -0.149. The van der Waals surface area contributed by atoms with Crippen molar-refractivity contribution in [3.8, 4) is 0 Å². The molecule has 15 heavy (non-hydrogen) atoms. The zero-order valence-corrected chi connectivity index (χ0v) is 8.31. The summed E-state index contributed by atoms with van der Waals surface area (Å²) in [6.07, 6.45) is 2.06. The minimum atomic E-state index is -0.265. The van der Waals surface area contributed by atoms with E-state index < -0.39 is 0 Å². The summed E-state index contributed by atoms with van der Waals surface area (Å²) in [5.41, 5.74) is 2.43. The smallest absolute Gasteiger partial charge is 0.310 e. The summed E-state index contributed by atoms with van der Waals surface area (Å²) in [4.78, 5) is 21.6. The van der Waals surface area contributed by atoms with Gasteiger partial charge in [0.15, 0.2) is 6.29 Å². The summed E-state index contributed by atoms with van der Waals surface area (Å²) >= 11 is 0. The van der Waals surface area contributed by atoms with Gasteiger partial charge in [-0.15, -0.1) is 0 Å². The molecule has 0 aliphatic heterocycles. The van der Waals surface area contributed by atoms with E-state index in [9.17, 15) is 9.59 Å². The molecule has 0 unspecified atom stereocenters. The Bertz CT molecular complexity index is 359. The van der Waals surface area contributed by atoms with Crippen LogP contribution in [0.15, 0.2) is 24.3 Å². The predicted molar refractivity (Wildman–Crippen MR) is 54.4 cm³/mol. The first-order valence-corrected chi connectivity index (χ1v) is 4.98. The summed E-state index contributed by atoms with van der Waals surface area (Å²) in [5.74, 6) is -0.374. The molecule has 78 valence electrons. The van der Waals surface area contributed by atoms with Gasteiger partial charge in [0, 0.05) is 0 Å². The van der Waals surface area contributed by atoms with Crippen molar-refractivity contribution in [1.29, 1.82) is 0 Å². The molecule has 0 saturated carbocycles. The van der Waals surface area contributed by atoms with Gasteiger partial charge in [-0.25, -0.2) is 0 Å². The number of carbonyl (C=O) groups excluding carboxylic acids is 2. The van der Waals surface area contributed by atoms with Crippen LogP contribution in [0.25, 0.3) is 0 Å². The van der Waals surface area contributed by atoms with Crippen LogP contribution in [0.5, 0.6) is 0 Å². The summed E-state index contributed by atoms with van der Waals surface area (Å²) in [5, 5.41) is 0. The van der Waals surface area contributed by atoms with Crippen molar-refractivity contribution >= 4 is 12.3 Å². The number of rotatable bonds is 3. The van der Waals surface area contributed by atoms with Crippen molar-refractivity contribution in [2.75, 3.05) is 6.61 Å². The highest BCUT2D eigenvalue weighted by Gasteiger charge is 2.27. The van der Waals surface area contributed by atoms with Gasteiger partial charge in [-0.1, -0.05) is 24.3 Å². The normalized spacial score (nSPS) is 14.7. The maximum Gasteiger partial charge on any atom is 0.310 e. The Hall–Kier alpha value is -1.64. The fourth-order valence-corrected chi connectivity index (χ4v) is 1.96. The van der Waals surface area contributed by atoms with E-state index in [2.05, 4.69) is 0 Å². The van der Waals surface area contributed by atoms with Crippen molar-refractivity contribution in [1.82, 2.24) is 0 Å². The SMILES string of the molecule is O=CCOC(=O)C1Cc2ccccc2C1. The van der Waals surface area contributed by atoms with Gasteiger partial charge >= 0.3 is 5.97 Å². The molecule has 1 aliphatic carbocycles. The molecule has 0 aromatic heterocycles. The van der Waals surface area contributed by atoms with E-state index in [4.69, 9.17) is 4.74 Å². The van der Waals surface area contributed by atoms with Crippen molar-refractivity contribution in [3.63, 3.8) is 0 Å². The molecule has 0 spiro atoms. The Morgan fingerprint density at radius 2 is 1.93 bits per heavy atom. The number of hydrogen-bond acceptors (Lipinski definition) is 3. The van der Waals surface area contributed by atoms with E-state index in [0.29, 0.717) is 6.29 Å². The second kappa shape index (κ2) is 4.26. The fraction of sp³-hybridized carbons (Fsp3) is 0.333. The lowest BCUT2D eigenvalue weighted by atomic mass is 10.1. The van der Waals surface area contributed by atoms with Crippen molar-refractivity contribution in [3.05, 3.63) is 35.4 Å². The first kappa shape index (κ1) is 9.90. The number of ether oxygens (including phenoxy) is 1. The summed E-state index contributed by atoms with van der Waals surface area (Å²) in [6, 6.07) is 8.00. The molecule has 0 atom stereocenters. The average Bonchev–Trinajstić information content (AvgIpc) is 2.69. The first-order chi connectivity index (χ1) is 7.31. The molecule has 0 fully saturated rings. The van der Waals surface area contributed by atoms with E-state index in [1.165, 1.54) is 11.1 Å². The molecule has 2 rings (SSSR count). The van der Waals surface area contributed by atoms with Gasteiger partial charge in [0.25, 0.3) is 0 Å². The summed E-state index contributed by atoms with van der Waals surface area (Å²) in [7, 11) is 0. The number of carbonyl (C=O) groups is 2. The van der Waals surface area contributed by atoms with Gasteiger partial charge in [0.1, 0.15) is 6.61 Å². The van der Waals surface area contributed by atoms with Crippen LogP contribution in [0.2, 0.25) is 0 Å². The number of aldehydes is 1. The third kappa shape index (κ3) is 2.06. The zero-order chi connectivity index (χ0) is 10.7. The molecule has 0 heterocycles. The Kier molecular flexibility index (Phi) is 2.81. The summed E-state index contributed by atoms with van der Waals surface area (Å²) in [6.45, 7) is -0.133. The highest BCUT2D eigenvalue weighted by molar-refractivity contribution is 5.75. The second-order valence-corrected chi connectivity index (χ2v) is 3.67. The highest BCUT2D eigenvalue weighted by atomic mass is 16.5. The molecular weight excluding hydrogens is 192 g/mol. The lowest BCUT2D eigenvalue weighted by Crippen LogP contribution is -2.18. The highest BCUT2D eigenvalue weighted by Crippen LogP contribution is 2.27. The molecule has 0 N–H and O–H groups in total. The van der Waals surface area contributed by atoms with Gasteiger partial charge in [0.2, 0.25) is 0 Å². The Balaban J connectivity index is 2.00. The maximum absolute atomic E-state index is 11.5. The van der Waals surface area contributed by atoms with Crippen molar-refractivity contribution < 1.29 is 14.3 Å². The third-order valence-corrected chi connectivity index (χ3v) is 2.68. The molecule has 3 heteroatoms. The molecule has 3 nitrogen and oxygen atoms in total. The first-order valence-electron chi connectivity index (χ1n) is 4.98. The van der Waals surface area contributed by atoms with E-state index in [1.54, 1.807) is 0 Å². The van der Waals surface area contributed by atoms with E-state index in [-0.39, 0.29) is 18.5 Å². The molecule has 1 aromatic carbocycles. The van der Waals surface area contributed by atoms with Gasteiger partial charge < -0.3 is 4.74 Å². The van der Waals surface area contributed by atoms with E-state index >= 15 is 0 Å². The van der Waals surface area contributed by atoms with Crippen molar-refractivity contribution in [2.24, 2.45) is 5.92 Å². The van der Waals surface area contributed by atoms with Crippen molar-refractivity contribution in [2.45, 2.75) is 12.8 Å². The van der Waals surface area contributed by atoms with Gasteiger partial charge in [-0.05, 0) is 24.0 Å². The maximum atomic E-state index is 11.5. The summed E-state index contributed by atoms with van der Waals surface area (Å²) < 4.78 is 4.80. The molecule has 1 aromatic rings. The number of hydrogen-bond donors (Lipinski definition) is 0. The minimum Gasteiger partial charge on any atom is -0.458 e. The van der Waals surface area contributed by atoms with Gasteiger partial charge in [-0.3, -0.25) is 9.59 Å². The topological polar surface area (TPSA) is 43.4 Å². The van der Waals surface area contributed by atoms with Gasteiger partial charge in [0.05, 0.1) is 5.92 Å². The largest absolute Gasteiger partial charge is 0.458 e. The Morgan fingerprint density at radius 1 is 1.33 bits per heavy atom. The van der Waals surface area contributed by atoms with E-state index in [1.807, 2.05) is 24.3 Å². The number of esters is 1. The Labute approximate surface area is 88.1 Å². The average molecular weight is 204 g/mol. The molecule has 0 amide bonds. The van der Waals surface area contributed by atoms with E-state index in [0.717, 1.165) is 12.8 Å².